The highest BCUT2D eigenvalue weighted by molar-refractivity contribution is 8.26. The van der Waals surface area contributed by atoms with Gasteiger partial charge in [-0.2, -0.15) is 5.01 Å². The maximum atomic E-state index is 12.8. The smallest absolute Gasteiger partial charge is 0.285 e. The maximum absolute atomic E-state index is 12.8. The lowest BCUT2D eigenvalue weighted by Gasteiger charge is -2.14. The predicted octanol–water partition coefficient (Wildman–Crippen LogP) is 5.53. The lowest BCUT2D eigenvalue weighted by Crippen LogP contribution is -2.44. The second kappa shape index (κ2) is 9.65. The third-order valence-corrected chi connectivity index (χ3v) is 6.84. The number of nitrogens with zero attached hydrogens (tertiary/aromatic N) is 1. The van der Waals surface area contributed by atoms with Gasteiger partial charge in [-0.25, -0.2) is 0 Å². The summed E-state index contributed by atoms with van der Waals surface area (Å²) in [5, 5.41) is 3.52. The zero-order valence-corrected chi connectivity index (χ0v) is 19.1. The fraction of sp³-hybridized carbons (Fsp3) is 0.0455. The van der Waals surface area contributed by atoms with Gasteiger partial charge in [0.05, 0.1) is 9.78 Å². The molecule has 0 unspecified atom stereocenters. The summed E-state index contributed by atoms with van der Waals surface area (Å²) >= 11 is 13.9. The molecule has 1 fully saturated rings. The number of benzene rings is 2. The predicted molar refractivity (Wildman–Crippen MR) is 129 cm³/mol. The molecule has 156 valence electrons. The first-order valence-corrected chi connectivity index (χ1v) is 11.6. The third kappa shape index (κ3) is 4.99. The summed E-state index contributed by atoms with van der Waals surface area (Å²) in [5.41, 5.74) is 4.16. The molecule has 0 spiro atoms. The van der Waals surface area contributed by atoms with Crippen LogP contribution in [-0.4, -0.2) is 21.1 Å². The molecule has 4 rings (SSSR count). The van der Waals surface area contributed by atoms with Crippen LogP contribution in [0.2, 0.25) is 5.02 Å². The van der Waals surface area contributed by atoms with E-state index in [-0.39, 0.29) is 16.1 Å². The fourth-order valence-electron chi connectivity index (χ4n) is 2.77. The topological polar surface area (TPSA) is 58.6 Å². The van der Waals surface area contributed by atoms with Crippen molar-refractivity contribution in [1.29, 1.82) is 0 Å². The third-order valence-electron chi connectivity index (χ3n) is 4.30. The zero-order chi connectivity index (χ0) is 21.8. The molecule has 9 heteroatoms. The Morgan fingerprint density at radius 3 is 2.68 bits per heavy atom. The van der Waals surface area contributed by atoms with Gasteiger partial charge in [-0.15, -0.1) is 11.3 Å². The van der Waals surface area contributed by atoms with Crippen LogP contribution in [-0.2, 0) is 11.4 Å². The Morgan fingerprint density at radius 2 is 1.90 bits per heavy atom. The second-order valence-corrected chi connectivity index (χ2v) is 9.38. The van der Waals surface area contributed by atoms with E-state index < -0.39 is 0 Å². The van der Waals surface area contributed by atoms with Gasteiger partial charge in [0.25, 0.3) is 11.8 Å². The summed E-state index contributed by atoms with van der Waals surface area (Å²) in [6.07, 6.45) is 1.71. The van der Waals surface area contributed by atoms with Gasteiger partial charge in [0.1, 0.15) is 12.4 Å². The molecule has 0 aliphatic carbocycles. The number of ether oxygens (including phenoxy) is 1. The standard InChI is InChI=1S/C22H15ClN2O3S3/c23-16-8-3-1-7-15(16)13-28-17-9-4-2-6-14(17)12-19-21(27)25(22(29)31-19)24-20(26)18-10-5-11-30-18/h1-12H,13H2,(H,24,26)/b19-12+. The number of para-hydroxylation sites is 1. The van der Waals surface area contributed by atoms with Gasteiger partial charge in [-0.1, -0.05) is 65.8 Å². The van der Waals surface area contributed by atoms with Gasteiger partial charge in [0.2, 0.25) is 0 Å². The lowest BCUT2D eigenvalue weighted by molar-refractivity contribution is -0.123. The van der Waals surface area contributed by atoms with Crippen LogP contribution in [0, 0.1) is 0 Å². The second-order valence-electron chi connectivity index (χ2n) is 6.35. The average Bonchev–Trinajstić information content (AvgIpc) is 3.39. The summed E-state index contributed by atoms with van der Waals surface area (Å²) in [5.74, 6) is -0.160. The Morgan fingerprint density at radius 1 is 1.13 bits per heavy atom. The van der Waals surface area contributed by atoms with Crippen molar-refractivity contribution in [1.82, 2.24) is 10.4 Å². The highest BCUT2D eigenvalue weighted by Gasteiger charge is 2.34. The van der Waals surface area contributed by atoms with Crippen LogP contribution >= 0.6 is 46.9 Å². The Kier molecular flexibility index (Phi) is 6.72. The summed E-state index contributed by atoms with van der Waals surface area (Å²) < 4.78 is 6.21. The van der Waals surface area contributed by atoms with Crippen molar-refractivity contribution in [2.45, 2.75) is 6.61 Å². The summed E-state index contributed by atoms with van der Waals surface area (Å²) in [4.78, 5) is 26.0. The molecule has 5 nitrogen and oxygen atoms in total. The molecule has 0 saturated carbocycles. The molecule has 3 aromatic rings. The molecule has 1 aliphatic heterocycles. The van der Waals surface area contributed by atoms with Crippen molar-refractivity contribution in [3.8, 4) is 5.75 Å². The molecule has 2 amide bonds. The van der Waals surface area contributed by atoms with E-state index in [1.807, 2.05) is 48.5 Å². The number of hydrazine groups is 1. The van der Waals surface area contributed by atoms with Crippen LogP contribution in [0.25, 0.3) is 6.08 Å². The van der Waals surface area contributed by atoms with E-state index in [1.165, 1.54) is 11.3 Å². The number of halogens is 1. The number of thiocarbonyl (C=S) groups is 1. The quantitative estimate of drug-likeness (QED) is 0.367. The molecule has 0 bridgehead atoms. The van der Waals surface area contributed by atoms with Gasteiger partial charge < -0.3 is 4.74 Å². The summed E-state index contributed by atoms with van der Waals surface area (Å²) in [7, 11) is 0. The first-order valence-electron chi connectivity index (χ1n) is 9.10. The number of thiophene rings is 1. The van der Waals surface area contributed by atoms with E-state index in [9.17, 15) is 9.59 Å². The summed E-state index contributed by atoms with van der Waals surface area (Å²) in [6.45, 7) is 0.294. The van der Waals surface area contributed by atoms with Crippen LogP contribution < -0.4 is 10.2 Å². The minimum atomic E-state index is -0.388. The average molecular weight is 487 g/mol. The molecule has 1 N–H and O–H groups in total. The maximum Gasteiger partial charge on any atom is 0.285 e. The number of carbonyl (C=O) groups excluding carboxylic acids is 2. The number of thioether (sulfide) groups is 1. The Hall–Kier alpha value is -2.65. The van der Waals surface area contributed by atoms with Gasteiger partial charge in [0, 0.05) is 16.1 Å². The van der Waals surface area contributed by atoms with E-state index in [0.29, 0.717) is 27.2 Å². The minimum absolute atomic E-state index is 0.260. The van der Waals surface area contributed by atoms with E-state index >= 15 is 0 Å². The van der Waals surface area contributed by atoms with Crippen molar-refractivity contribution in [3.05, 3.63) is 92.0 Å². The minimum Gasteiger partial charge on any atom is -0.488 e. The molecule has 31 heavy (non-hydrogen) atoms. The Bertz CT molecular complexity index is 1180. The number of hydrogen-bond donors (Lipinski definition) is 1. The Labute approximate surface area is 197 Å². The van der Waals surface area contributed by atoms with Gasteiger partial charge in [-0.05, 0) is 41.9 Å². The largest absolute Gasteiger partial charge is 0.488 e. The van der Waals surface area contributed by atoms with E-state index in [2.05, 4.69) is 5.43 Å². The van der Waals surface area contributed by atoms with Gasteiger partial charge in [-0.3, -0.25) is 15.0 Å². The number of amides is 2. The highest BCUT2D eigenvalue weighted by atomic mass is 35.5. The number of carbonyl (C=O) groups is 2. The molecule has 1 saturated heterocycles. The summed E-state index contributed by atoms with van der Waals surface area (Å²) in [6, 6.07) is 18.3. The molecule has 1 aliphatic rings. The normalized spacial score (nSPS) is 14.9. The van der Waals surface area contributed by atoms with Crippen LogP contribution in [0.4, 0.5) is 0 Å². The molecule has 0 atom stereocenters. The Balaban J connectivity index is 1.51. The van der Waals surface area contributed by atoms with Gasteiger partial charge >= 0.3 is 0 Å². The van der Waals surface area contributed by atoms with E-state index in [1.54, 1.807) is 23.6 Å². The SMILES string of the molecule is O=C(NN1C(=O)/C(=C\c2ccccc2OCc2ccccc2Cl)SC1=S)c1cccs1. The lowest BCUT2D eigenvalue weighted by atomic mass is 10.2. The van der Waals surface area contributed by atoms with Crippen molar-refractivity contribution in [2.75, 3.05) is 0 Å². The van der Waals surface area contributed by atoms with Crippen molar-refractivity contribution in [2.24, 2.45) is 0 Å². The van der Waals surface area contributed by atoms with Crippen molar-refractivity contribution in [3.63, 3.8) is 0 Å². The molecular weight excluding hydrogens is 472 g/mol. The number of hydrogen-bond acceptors (Lipinski definition) is 6. The van der Waals surface area contributed by atoms with Crippen molar-refractivity contribution < 1.29 is 14.3 Å². The number of rotatable bonds is 6. The first-order chi connectivity index (χ1) is 15.0. The van der Waals surface area contributed by atoms with Crippen LogP contribution in [0.1, 0.15) is 20.8 Å². The molecule has 0 radical (unpaired) electrons. The fourth-order valence-corrected chi connectivity index (χ4v) is 4.75. The van der Waals surface area contributed by atoms with E-state index in [0.717, 1.165) is 27.9 Å². The monoisotopic (exact) mass is 486 g/mol. The van der Waals surface area contributed by atoms with E-state index in [4.69, 9.17) is 28.6 Å². The first kappa shape index (κ1) is 21.6. The van der Waals surface area contributed by atoms with Crippen LogP contribution in [0.3, 0.4) is 0 Å². The van der Waals surface area contributed by atoms with Crippen LogP contribution in [0.5, 0.6) is 5.75 Å². The molecule has 1 aromatic heterocycles. The zero-order valence-electron chi connectivity index (χ0n) is 15.9. The van der Waals surface area contributed by atoms with Crippen LogP contribution in [0.15, 0.2) is 70.9 Å². The highest BCUT2D eigenvalue weighted by Crippen LogP contribution is 2.33. The number of nitrogens with one attached hydrogen (secondary N) is 1. The van der Waals surface area contributed by atoms with Gasteiger partial charge in [0.15, 0.2) is 4.32 Å². The molecule has 2 heterocycles. The van der Waals surface area contributed by atoms with Crippen molar-refractivity contribution >= 4 is 69.1 Å². The molecular formula is C22H15ClN2O3S3. The molecule has 2 aromatic carbocycles.